The van der Waals surface area contributed by atoms with Crippen LogP contribution in [0.1, 0.15) is 12.8 Å². The van der Waals surface area contributed by atoms with Gasteiger partial charge in [-0.05, 0) is 25.0 Å². The summed E-state index contributed by atoms with van der Waals surface area (Å²) in [4.78, 5) is 2.37. The van der Waals surface area contributed by atoms with Gasteiger partial charge in [-0.25, -0.2) is 0 Å². The number of hydrogen-bond acceptors (Lipinski definition) is 2. The van der Waals surface area contributed by atoms with Crippen molar-refractivity contribution < 1.29 is 0 Å². The third-order valence-electron chi connectivity index (χ3n) is 2.58. The SMILES string of the molecule is N[C@H]1CCCN(c2ccccc2)C1. The summed E-state index contributed by atoms with van der Waals surface area (Å²) in [5.41, 5.74) is 7.22. The van der Waals surface area contributed by atoms with Gasteiger partial charge in [0.1, 0.15) is 0 Å². The Kier molecular flexibility index (Phi) is 2.50. The van der Waals surface area contributed by atoms with E-state index in [2.05, 4.69) is 29.2 Å². The van der Waals surface area contributed by atoms with Gasteiger partial charge in [-0.2, -0.15) is 0 Å². The van der Waals surface area contributed by atoms with Crippen LogP contribution in [0.5, 0.6) is 0 Å². The molecule has 70 valence electrons. The van der Waals surface area contributed by atoms with Crippen LogP contribution in [-0.2, 0) is 0 Å². The Labute approximate surface area is 79.4 Å². The van der Waals surface area contributed by atoms with Crippen molar-refractivity contribution in [2.45, 2.75) is 18.9 Å². The Balaban J connectivity index is 2.08. The largest absolute Gasteiger partial charge is 0.370 e. The van der Waals surface area contributed by atoms with Crippen molar-refractivity contribution in [2.24, 2.45) is 5.73 Å². The topological polar surface area (TPSA) is 29.3 Å². The first-order valence-corrected chi connectivity index (χ1v) is 4.92. The van der Waals surface area contributed by atoms with Gasteiger partial charge in [-0.1, -0.05) is 18.2 Å². The molecule has 2 heteroatoms. The monoisotopic (exact) mass is 176 g/mol. The summed E-state index contributed by atoms with van der Waals surface area (Å²) >= 11 is 0. The Bertz CT molecular complexity index is 258. The van der Waals surface area contributed by atoms with E-state index in [1.807, 2.05) is 6.07 Å². The molecule has 0 amide bonds. The summed E-state index contributed by atoms with van der Waals surface area (Å²) in [6, 6.07) is 10.9. The second-order valence-electron chi connectivity index (χ2n) is 3.68. The van der Waals surface area contributed by atoms with Crippen LogP contribution in [-0.4, -0.2) is 19.1 Å². The van der Waals surface area contributed by atoms with Crippen LogP contribution in [0.15, 0.2) is 30.3 Å². The molecular weight excluding hydrogens is 160 g/mol. The van der Waals surface area contributed by atoms with Crippen LogP contribution in [0.4, 0.5) is 5.69 Å². The number of para-hydroxylation sites is 1. The van der Waals surface area contributed by atoms with Gasteiger partial charge in [-0.3, -0.25) is 0 Å². The molecule has 0 radical (unpaired) electrons. The van der Waals surface area contributed by atoms with Crippen molar-refractivity contribution in [2.75, 3.05) is 18.0 Å². The predicted octanol–water partition coefficient (Wildman–Crippen LogP) is 1.61. The van der Waals surface area contributed by atoms with Gasteiger partial charge < -0.3 is 10.6 Å². The summed E-state index contributed by atoms with van der Waals surface area (Å²) in [7, 11) is 0. The molecule has 0 bridgehead atoms. The molecule has 13 heavy (non-hydrogen) atoms. The van der Waals surface area contributed by atoms with Crippen LogP contribution in [0.2, 0.25) is 0 Å². The summed E-state index contributed by atoms with van der Waals surface area (Å²) < 4.78 is 0. The highest BCUT2D eigenvalue weighted by molar-refractivity contribution is 5.46. The average molecular weight is 176 g/mol. The van der Waals surface area contributed by atoms with Gasteiger partial charge in [-0.15, -0.1) is 0 Å². The van der Waals surface area contributed by atoms with E-state index in [4.69, 9.17) is 5.73 Å². The van der Waals surface area contributed by atoms with Gasteiger partial charge in [0.15, 0.2) is 0 Å². The smallest absolute Gasteiger partial charge is 0.0366 e. The number of piperidine rings is 1. The van der Waals surface area contributed by atoms with E-state index >= 15 is 0 Å². The minimum absolute atomic E-state index is 0.356. The highest BCUT2D eigenvalue weighted by Gasteiger charge is 2.16. The molecule has 2 nitrogen and oxygen atoms in total. The minimum atomic E-state index is 0.356. The molecule has 1 aliphatic heterocycles. The molecule has 0 saturated carbocycles. The Morgan fingerprint density at radius 3 is 2.69 bits per heavy atom. The number of benzene rings is 1. The fraction of sp³-hybridized carbons (Fsp3) is 0.455. The molecule has 1 aromatic rings. The number of anilines is 1. The second kappa shape index (κ2) is 3.79. The molecule has 1 fully saturated rings. The van der Waals surface area contributed by atoms with Gasteiger partial charge in [0.05, 0.1) is 0 Å². The first-order valence-electron chi connectivity index (χ1n) is 4.92. The zero-order chi connectivity index (χ0) is 9.10. The van der Waals surface area contributed by atoms with E-state index in [-0.39, 0.29) is 0 Å². The lowest BCUT2D eigenvalue weighted by molar-refractivity contribution is 0.506. The highest BCUT2D eigenvalue weighted by Crippen LogP contribution is 2.18. The molecule has 1 atom stereocenters. The quantitative estimate of drug-likeness (QED) is 0.704. The summed E-state index contributed by atoms with van der Waals surface area (Å²) in [6.45, 7) is 2.15. The molecule has 0 unspecified atom stereocenters. The molecule has 2 rings (SSSR count). The van der Waals surface area contributed by atoms with Crippen LogP contribution < -0.4 is 10.6 Å². The molecule has 1 heterocycles. The lowest BCUT2D eigenvalue weighted by Crippen LogP contribution is -2.42. The van der Waals surface area contributed by atoms with Gasteiger partial charge in [0, 0.05) is 24.8 Å². The maximum atomic E-state index is 5.92. The molecule has 0 spiro atoms. The van der Waals surface area contributed by atoms with Crippen LogP contribution in [0.3, 0.4) is 0 Å². The summed E-state index contributed by atoms with van der Waals surface area (Å²) in [5.74, 6) is 0. The third-order valence-corrected chi connectivity index (χ3v) is 2.58. The van der Waals surface area contributed by atoms with Gasteiger partial charge in [0.25, 0.3) is 0 Å². The Morgan fingerprint density at radius 2 is 2.00 bits per heavy atom. The van der Waals surface area contributed by atoms with E-state index in [9.17, 15) is 0 Å². The first-order chi connectivity index (χ1) is 6.36. The van der Waals surface area contributed by atoms with E-state index in [0.717, 1.165) is 13.1 Å². The number of hydrogen-bond donors (Lipinski definition) is 1. The number of nitrogens with two attached hydrogens (primary N) is 1. The minimum Gasteiger partial charge on any atom is -0.370 e. The van der Waals surface area contributed by atoms with Gasteiger partial charge in [0.2, 0.25) is 0 Å². The predicted molar refractivity (Wildman–Crippen MR) is 55.9 cm³/mol. The van der Waals surface area contributed by atoms with Gasteiger partial charge >= 0.3 is 0 Å². The van der Waals surface area contributed by atoms with Crippen molar-refractivity contribution in [3.05, 3.63) is 30.3 Å². The molecule has 0 aromatic heterocycles. The zero-order valence-electron chi connectivity index (χ0n) is 7.82. The van der Waals surface area contributed by atoms with Crippen LogP contribution in [0, 0.1) is 0 Å². The van der Waals surface area contributed by atoms with Crippen molar-refractivity contribution in [3.8, 4) is 0 Å². The summed E-state index contributed by atoms with van der Waals surface area (Å²) in [5, 5.41) is 0. The lowest BCUT2D eigenvalue weighted by atomic mass is 10.1. The normalized spacial score (nSPS) is 23.2. The highest BCUT2D eigenvalue weighted by atomic mass is 15.1. The molecular formula is C11H16N2. The maximum Gasteiger partial charge on any atom is 0.0366 e. The standard InChI is InChI=1S/C11H16N2/c12-10-5-4-8-13(9-10)11-6-2-1-3-7-11/h1-3,6-7,10H,4-5,8-9,12H2/t10-/m0/s1. The average Bonchev–Trinajstić information content (AvgIpc) is 2.19. The fourth-order valence-corrected chi connectivity index (χ4v) is 1.88. The van der Waals surface area contributed by atoms with E-state index in [0.29, 0.717) is 6.04 Å². The van der Waals surface area contributed by atoms with E-state index < -0.39 is 0 Å². The number of rotatable bonds is 1. The fourth-order valence-electron chi connectivity index (χ4n) is 1.88. The molecule has 1 aliphatic rings. The molecule has 1 saturated heterocycles. The van der Waals surface area contributed by atoms with E-state index in [1.165, 1.54) is 18.5 Å². The van der Waals surface area contributed by atoms with E-state index in [1.54, 1.807) is 0 Å². The zero-order valence-corrected chi connectivity index (χ0v) is 7.82. The lowest BCUT2D eigenvalue weighted by Gasteiger charge is -2.32. The first kappa shape index (κ1) is 8.57. The van der Waals surface area contributed by atoms with Crippen molar-refractivity contribution in [1.29, 1.82) is 0 Å². The maximum absolute atomic E-state index is 5.92. The third kappa shape index (κ3) is 2.01. The molecule has 1 aromatic carbocycles. The van der Waals surface area contributed by atoms with Crippen LogP contribution >= 0.6 is 0 Å². The van der Waals surface area contributed by atoms with Crippen molar-refractivity contribution in [3.63, 3.8) is 0 Å². The number of nitrogens with zero attached hydrogens (tertiary/aromatic N) is 1. The Morgan fingerprint density at radius 1 is 1.23 bits per heavy atom. The van der Waals surface area contributed by atoms with Crippen LogP contribution in [0.25, 0.3) is 0 Å². The molecule has 0 aliphatic carbocycles. The van der Waals surface area contributed by atoms with Crippen molar-refractivity contribution >= 4 is 5.69 Å². The van der Waals surface area contributed by atoms with Crippen molar-refractivity contribution in [1.82, 2.24) is 0 Å². The second-order valence-corrected chi connectivity index (χ2v) is 3.68. The molecule has 2 N–H and O–H groups in total. The summed E-state index contributed by atoms with van der Waals surface area (Å²) in [6.07, 6.45) is 2.39. The Hall–Kier alpha value is -1.02.